The number of methoxy groups -OCH3 is 2. The van der Waals surface area contributed by atoms with Crippen molar-refractivity contribution in [3.8, 4) is 34.1 Å². The van der Waals surface area contributed by atoms with Gasteiger partial charge in [-0.1, -0.05) is 59.6 Å². The molecule has 0 fully saturated rings. The molecule has 0 heterocycles. The maximum atomic E-state index is 12.3. The van der Waals surface area contributed by atoms with Gasteiger partial charge in [-0.3, -0.25) is 10.6 Å². The van der Waals surface area contributed by atoms with Gasteiger partial charge >= 0.3 is 11.9 Å². The van der Waals surface area contributed by atoms with Crippen molar-refractivity contribution >= 4 is 35.1 Å². The standard InChI is InChI=1S/C46H54Cl2N2O10/c1-7-57-39-21-41(35(47)19-27(39)23-49-45(3,25-51)43(53)55-5)59-37-17-15-31-29(11-9-13-33(31)37)30-12-10-14-34-32(30)16-18-38(34)60-42-22-40(58-8-2)28(20-36(42)48)24-50-46(4,26-52)44(54)56-6/h9-14,19-22,37-38,49-52H,7-8,15-18,23-26H2,1-6H3/t37-,38-,45-,46?/m0/s1. The zero-order valence-corrected chi connectivity index (χ0v) is 36.4. The number of hydrogen-bond acceptors (Lipinski definition) is 12. The Bertz CT molecular complexity index is 2050. The molecule has 322 valence electrons. The number of halogens is 2. The lowest BCUT2D eigenvalue weighted by atomic mass is 9.91. The lowest BCUT2D eigenvalue weighted by Crippen LogP contribution is -2.52. The zero-order valence-electron chi connectivity index (χ0n) is 34.9. The summed E-state index contributed by atoms with van der Waals surface area (Å²) >= 11 is 13.7. The maximum absolute atomic E-state index is 12.3. The van der Waals surface area contributed by atoms with E-state index in [1.807, 2.05) is 13.8 Å². The summed E-state index contributed by atoms with van der Waals surface area (Å²) in [7, 11) is 2.56. The fraction of sp³-hybridized carbons (Fsp3) is 0.435. The third-order valence-electron chi connectivity index (χ3n) is 11.3. The summed E-state index contributed by atoms with van der Waals surface area (Å²) in [5, 5.41) is 26.8. The van der Waals surface area contributed by atoms with Gasteiger partial charge in [-0.2, -0.15) is 0 Å². The molecule has 2 aliphatic rings. The van der Waals surface area contributed by atoms with E-state index in [1.54, 1.807) is 38.1 Å². The minimum Gasteiger partial charge on any atom is -0.493 e. The smallest absolute Gasteiger partial charge is 0.328 e. The van der Waals surface area contributed by atoms with E-state index in [0.29, 0.717) is 57.4 Å². The van der Waals surface area contributed by atoms with Crippen LogP contribution in [0, 0.1) is 0 Å². The topological polar surface area (TPSA) is 154 Å². The number of rotatable bonds is 19. The van der Waals surface area contributed by atoms with Crippen molar-refractivity contribution in [2.45, 2.75) is 89.8 Å². The molecule has 0 aliphatic heterocycles. The van der Waals surface area contributed by atoms with Crippen LogP contribution in [-0.2, 0) is 45.0 Å². The van der Waals surface area contributed by atoms with Crippen molar-refractivity contribution in [3.63, 3.8) is 0 Å². The summed E-state index contributed by atoms with van der Waals surface area (Å²) in [5.74, 6) is 0.938. The van der Waals surface area contributed by atoms with E-state index in [9.17, 15) is 19.8 Å². The van der Waals surface area contributed by atoms with E-state index < -0.39 is 36.2 Å². The van der Waals surface area contributed by atoms with Crippen LogP contribution in [0.3, 0.4) is 0 Å². The average molecular weight is 866 g/mol. The quantitative estimate of drug-likeness (QED) is 0.0686. The van der Waals surface area contributed by atoms with Crippen LogP contribution >= 0.6 is 23.2 Å². The highest BCUT2D eigenvalue weighted by atomic mass is 35.5. The van der Waals surface area contributed by atoms with Crippen LogP contribution in [-0.4, -0.2) is 73.9 Å². The van der Waals surface area contributed by atoms with Crippen molar-refractivity contribution in [2.75, 3.05) is 40.6 Å². The fourth-order valence-corrected chi connectivity index (χ4v) is 8.36. The van der Waals surface area contributed by atoms with Gasteiger partial charge in [-0.05, 0) is 98.9 Å². The van der Waals surface area contributed by atoms with Gasteiger partial charge in [-0.25, -0.2) is 9.59 Å². The van der Waals surface area contributed by atoms with Gasteiger partial charge in [0.2, 0.25) is 0 Å². The van der Waals surface area contributed by atoms with E-state index in [-0.39, 0.29) is 25.3 Å². The van der Waals surface area contributed by atoms with Crippen LogP contribution < -0.4 is 29.6 Å². The molecule has 2 aliphatic carbocycles. The summed E-state index contributed by atoms with van der Waals surface area (Å²) in [4.78, 5) is 24.7. The Morgan fingerprint density at radius 1 is 0.667 bits per heavy atom. The minimum absolute atomic E-state index is 0.196. The third kappa shape index (κ3) is 9.34. The highest BCUT2D eigenvalue weighted by Crippen LogP contribution is 2.47. The summed E-state index contributed by atoms with van der Waals surface area (Å²) in [5.41, 5.74) is 5.78. The highest BCUT2D eigenvalue weighted by molar-refractivity contribution is 6.32. The molecule has 0 aromatic heterocycles. The van der Waals surface area contributed by atoms with E-state index in [0.717, 1.165) is 47.9 Å². The Morgan fingerprint density at radius 3 is 1.42 bits per heavy atom. The highest BCUT2D eigenvalue weighted by Gasteiger charge is 2.36. The molecule has 4 N–H and O–H groups in total. The Morgan fingerprint density at radius 2 is 1.07 bits per heavy atom. The first-order valence-corrected chi connectivity index (χ1v) is 20.9. The SMILES string of the molecule is CCOc1cc(O[C@H]2CCc3c(-c4cccc5c4CC[C@@H]5Oc4cc(OCC)c(CN[C@@](C)(CO)C(=O)OC)cc4Cl)cccc32)c(Cl)cc1CNC(C)(CO)C(=O)OC. The van der Waals surface area contributed by atoms with Crippen molar-refractivity contribution in [2.24, 2.45) is 0 Å². The number of ether oxygens (including phenoxy) is 6. The Labute approximate surface area is 361 Å². The molecule has 4 aromatic carbocycles. The first-order valence-electron chi connectivity index (χ1n) is 20.2. The van der Waals surface area contributed by atoms with Gasteiger partial charge in [0.1, 0.15) is 46.3 Å². The molecule has 0 amide bonds. The minimum atomic E-state index is -1.30. The lowest BCUT2D eigenvalue weighted by molar-refractivity contribution is -0.150. The maximum Gasteiger partial charge on any atom is 0.328 e. The normalized spacial score (nSPS) is 17.5. The Hall–Kier alpha value is -4.56. The molecule has 60 heavy (non-hydrogen) atoms. The van der Waals surface area contributed by atoms with Gasteiger partial charge in [-0.15, -0.1) is 0 Å². The molecule has 0 saturated carbocycles. The fourth-order valence-electron chi connectivity index (χ4n) is 7.89. The number of benzene rings is 4. The number of esters is 2. The van der Waals surface area contributed by atoms with E-state index in [2.05, 4.69) is 47.0 Å². The number of aliphatic hydroxyl groups is 2. The number of fused-ring (bicyclic) bond motifs is 2. The number of aliphatic hydroxyl groups excluding tert-OH is 2. The van der Waals surface area contributed by atoms with E-state index >= 15 is 0 Å². The van der Waals surface area contributed by atoms with Crippen LogP contribution in [0.5, 0.6) is 23.0 Å². The second-order valence-electron chi connectivity index (χ2n) is 15.4. The molecule has 4 aromatic rings. The molecule has 14 heteroatoms. The Kier molecular flexibility index (Phi) is 14.6. The molecule has 6 rings (SSSR count). The molecule has 0 radical (unpaired) electrons. The summed E-state index contributed by atoms with van der Waals surface area (Å²) < 4.78 is 35.0. The molecule has 0 spiro atoms. The summed E-state index contributed by atoms with van der Waals surface area (Å²) in [6.45, 7) is 7.22. The van der Waals surface area contributed by atoms with Crippen LogP contribution in [0.1, 0.15) is 86.1 Å². The monoisotopic (exact) mass is 864 g/mol. The predicted octanol–water partition coefficient (Wildman–Crippen LogP) is 7.62. The van der Waals surface area contributed by atoms with E-state index in [4.69, 9.17) is 51.6 Å². The van der Waals surface area contributed by atoms with E-state index in [1.165, 1.54) is 25.3 Å². The second kappa shape index (κ2) is 19.4. The molecule has 0 bridgehead atoms. The van der Waals surface area contributed by atoms with Gasteiger partial charge in [0.05, 0.1) is 50.7 Å². The Balaban J connectivity index is 1.21. The molecular weight excluding hydrogens is 811 g/mol. The number of hydrogen-bond donors (Lipinski definition) is 4. The number of nitrogens with one attached hydrogen (secondary N) is 2. The number of carbonyl (C=O) groups excluding carboxylic acids is 2. The van der Waals surface area contributed by atoms with Crippen LogP contribution in [0.2, 0.25) is 10.0 Å². The largest absolute Gasteiger partial charge is 0.493 e. The van der Waals surface area contributed by atoms with Gasteiger partial charge < -0.3 is 38.6 Å². The van der Waals surface area contributed by atoms with Crippen LogP contribution in [0.25, 0.3) is 11.1 Å². The molecular formula is C46H54Cl2N2O10. The lowest BCUT2D eigenvalue weighted by Gasteiger charge is -2.26. The molecule has 0 saturated heterocycles. The third-order valence-corrected chi connectivity index (χ3v) is 11.9. The van der Waals surface area contributed by atoms with Crippen LogP contribution in [0.15, 0.2) is 60.7 Å². The first-order chi connectivity index (χ1) is 28.8. The van der Waals surface area contributed by atoms with Crippen molar-refractivity contribution in [1.82, 2.24) is 10.6 Å². The molecule has 1 unspecified atom stereocenters. The predicted molar refractivity (Wildman–Crippen MR) is 229 cm³/mol. The van der Waals surface area contributed by atoms with Crippen molar-refractivity contribution in [1.29, 1.82) is 0 Å². The molecule has 12 nitrogen and oxygen atoms in total. The van der Waals surface area contributed by atoms with Gasteiger partial charge in [0.25, 0.3) is 0 Å². The zero-order chi connectivity index (χ0) is 43.2. The second-order valence-corrected chi connectivity index (χ2v) is 16.2. The molecule has 4 atom stereocenters. The number of carbonyl (C=O) groups is 2. The average Bonchev–Trinajstić information content (AvgIpc) is 3.87. The van der Waals surface area contributed by atoms with Crippen LogP contribution in [0.4, 0.5) is 0 Å². The first kappa shape index (κ1) is 45.0. The summed E-state index contributed by atoms with van der Waals surface area (Å²) in [6, 6.07) is 19.8. The van der Waals surface area contributed by atoms with Crippen molar-refractivity contribution < 1.29 is 48.2 Å². The summed E-state index contributed by atoms with van der Waals surface area (Å²) in [6.07, 6.45) is 2.69. The van der Waals surface area contributed by atoms with Gasteiger partial charge in [0.15, 0.2) is 0 Å². The van der Waals surface area contributed by atoms with Gasteiger partial charge in [0, 0.05) is 36.3 Å². The van der Waals surface area contributed by atoms with Crippen molar-refractivity contribution in [3.05, 3.63) is 104 Å².